The van der Waals surface area contributed by atoms with Crippen molar-refractivity contribution in [2.24, 2.45) is 0 Å². The molecule has 0 unspecified atom stereocenters. The van der Waals surface area contributed by atoms with Gasteiger partial charge in [-0.05, 0) is 17.7 Å². The Bertz CT molecular complexity index is 544. The number of allylic oxidation sites excluding steroid dienone is 1. The molecule has 0 aromatic heterocycles. The summed E-state index contributed by atoms with van der Waals surface area (Å²) in [6.07, 6.45) is -3.57. The summed E-state index contributed by atoms with van der Waals surface area (Å²) in [5, 5.41) is 25.7. The summed E-state index contributed by atoms with van der Waals surface area (Å²) in [5.41, 5.74) is -1.22. The number of hydrogen-bond acceptors (Lipinski definition) is 3. The fourth-order valence-corrected chi connectivity index (χ4v) is 1.65. The zero-order valence-electron chi connectivity index (χ0n) is 9.53. The number of benzene rings is 1. The number of carbonyl (C=O) groups is 1. The molecule has 3 N–H and O–H groups in total. The molecule has 1 rings (SSSR count). The van der Waals surface area contributed by atoms with E-state index in [0.29, 0.717) is 10.6 Å². The zero-order chi connectivity index (χ0) is 14.6. The Kier molecular flexibility index (Phi) is 5.00. The van der Waals surface area contributed by atoms with Crippen LogP contribution in [0.4, 0.5) is 8.78 Å². The van der Waals surface area contributed by atoms with E-state index in [9.17, 15) is 13.6 Å². The summed E-state index contributed by atoms with van der Waals surface area (Å²) in [4.78, 5) is 10.8. The predicted octanol–water partition coefficient (Wildman–Crippen LogP) is 3.06. The lowest BCUT2D eigenvalue weighted by Crippen LogP contribution is -2.19. The number of alkyl halides is 2. The molecule has 0 atom stereocenters. The normalized spacial score (nSPS) is 12.2. The average Bonchev–Trinajstić information content (AvgIpc) is 2.28. The smallest absolute Gasteiger partial charge is 0.341 e. The second-order valence-corrected chi connectivity index (χ2v) is 4.09. The van der Waals surface area contributed by atoms with Crippen LogP contribution in [-0.4, -0.2) is 28.3 Å². The van der Waals surface area contributed by atoms with Gasteiger partial charge in [-0.3, -0.25) is 0 Å². The molecule has 0 fully saturated rings. The molecule has 0 heterocycles. The molecule has 0 aliphatic carbocycles. The van der Waals surface area contributed by atoms with Crippen molar-refractivity contribution in [1.82, 2.24) is 0 Å². The van der Waals surface area contributed by atoms with E-state index in [4.69, 9.17) is 27.2 Å². The van der Waals surface area contributed by atoms with Crippen molar-refractivity contribution < 1.29 is 23.8 Å². The van der Waals surface area contributed by atoms with Gasteiger partial charge >= 0.3 is 5.97 Å². The van der Waals surface area contributed by atoms with E-state index in [2.05, 4.69) is 0 Å². The van der Waals surface area contributed by atoms with E-state index in [-0.39, 0.29) is 6.42 Å². The third kappa shape index (κ3) is 4.03. The summed E-state index contributed by atoms with van der Waals surface area (Å²) >= 11 is 5.72. The van der Waals surface area contributed by atoms with Crippen LogP contribution in [0.3, 0.4) is 0 Å². The summed E-state index contributed by atoms with van der Waals surface area (Å²) in [7, 11) is 0. The maximum absolute atomic E-state index is 12.3. The van der Waals surface area contributed by atoms with Crippen LogP contribution in [0, 0.1) is 5.41 Å². The maximum Gasteiger partial charge on any atom is 0.341 e. The van der Waals surface area contributed by atoms with E-state index in [1.165, 1.54) is 6.07 Å². The van der Waals surface area contributed by atoms with Gasteiger partial charge in [0.15, 0.2) is 5.76 Å². The predicted molar refractivity (Wildman–Crippen MR) is 66.2 cm³/mol. The van der Waals surface area contributed by atoms with Crippen LogP contribution in [0.2, 0.25) is 5.02 Å². The van der Waals surface area contributed by atoms with Crippen LogP contribution in [-0.2, 0) is 11.2 Å². The molecule has 0 amide bonds. The van der Waals surface area contributed by atoms with Gasteiger partial charge in [0.1, 0.15) is 5.57 Å². The molecule has 0 radical (unpaired) electrons. The quantitative estimate of drug-likeness (QED) is 0.443. The van der Waals surface area contributed by atoms with Gasteiger partial charge < -0.3 is 15.6 Å². The third-order valence-electron chi connectivity index (χ3n) is 2.25. The monoisotopic (exact) mass is 289 g/mol. The van der Waals surface area contributed by atoms with Gasteiger partial charge in [0.2, 0.25) is 0 Å². The largest absolute Gasteiger partial charge is 0.506 e. The van der Waals surface area contributed by atoms with Crippen LogP contribution in [0.25, 0.3) is 0 Å². The Balaban J connectivity index is 3.04. The molecule has 0 bridgehead atoms. The van der Waals surface area contributed by atoms with Crippen LogP contribution in [0.15, 0.2) is 35.6 Å². The number of halogens is 3. The number of rotatable bonds is 5. The second-order valence-electron chi connectivity index (χ2n) is 3.65. The highest BCUT2D eigenvalue weighted by Gasteiger charge is 2.25. The first kappa shape index (κ1) is 15.1. The van der Waals surface area contributed by atoms with Crippen molar-refractivity contribution in [2.75, 3.05) is 0 Å². The molecule has 102 valence electrons. The van der Waals surface area contributed by atoms with E-state index >= 15 is 0 Å². The molecule has 0 aliphatic rings. The molecular weight excluding hydrogens is 280 g/mol. The minimum Gasteiger partial charge on any atom is -0.506 e. The highest BCUT2D eigenvalue weighted by atomic mass is 35.5. The van der Waals surface area contributed by atoms with Gasteiger partial charge in [-0.15, -0.1) is 0 Å². The van der Waals surface area contributed by atoms with E-state index in [0.717, 1.165) is 0 Å². The molecule has 0 saturated carbocycles. The van der Waals surface area contributed by atoms with Crippen LogP contribution in [0.1, 0.15) is 5.56 Å². The molecule has 0 spiro atoms. The Labute approximate surface area is 112 Å². The lowest BCUT2D eigenvalue weighted by molar-refractivity contribution is -0.132. The fourth-order valence-electron chi connectivity index (χ4n) is 1.44. The van der Waals surface area contributed by atoms with Crippen molar-refractivity contribution in [3.05, 3.63) is 46.2 Å². The van der Waals surface area contributed by atoms with Gasteiger partial charge in [0, 0.05) is 11.4 Å². The van der Waals surface area contributed by atoms with E-state index in [1.54, 1.807) is 18.2 Å². The molecule has 19 heavy (non-hydrogen) atoms. The zero-order valence-corrected chi connectivity index (χ0v) is 10.3. The summed E-state index contributed by atoms with van der Waals surface area (Å²) in [6.45, 7) is 0. The van der Waals surface area contributed by atoms with Crippen molar-refractivity contribution in [1.29, 1.82) is 5.41 Å². The minimum absolute atomic E-state index is 0.223. The number of carboxylic acids is 1. The molecule has 1 aromatic carbocycles. The Hall–Kier alpha value is -1.95. The average molecular weight is 290 g/mol. The number of aliphatic hydroxyl groups is 1. The van der Waals surface area contributed by atoms with Gasteiger partial charge in [-0.25, -0.2) is 13.6 Å². The molecule has 7 heteroatoms. The van der Waals surface area contributed by atoms with E-state index < -0.39 is 29.4 Å². The van der Waals surface area contributed by atoms with Crippen molar-refractivity contribution in [3.63, 3.8) is 0 Å². The topological polar surface area (TPSA) is 81.4 Å². The van der Waals surface area contributed by atoms with Crippen molar-refractivity contribution >= 4 is 23.3 Å². The number of aliphatic carboxylic acids is 1. The first-order valence-electron chi connectivity index (χ1n) is 5.09. The maximum atomic E-state index is 12.3. The molecule has 4 nitrogen and oxygen atoms in total. The van der Waals surface area contributed by atoms with Crippen molar-refractivity contribution in [2.45, 2.75) is 12.8 Å². The Morgan fingerprint density at radius 2 is 2.00 bits per heavy atom. The number of nitrogens with one attached hydrogen (secondary N) is 1. The number of hydrogen-bond donors (Lipinski definition) is 3. The third-order valence-corrected chi connectivity index (χ3v) is 2.48. The van der Waals surface area contributed by atoms with Gasteiger partial charge in [0.25, 0.3) is 6.43 Å². The SMILES string of the molecule is N=C(Cc1cccc(Cl)c1)C(C(=O)O)=C(O)C(F)F. The Morgan fingerprint density at radius 1 is 1.37 bits per heavy atom. The lowest BCUT2D eigenvalue weighted by Gasteiger charge is -2.08. The van der Waals surface area contributed by atoms with Gasteiger partial charge in [-0.2, -0.15) is 0 Å². The summed E-state index contributed by atoms with van der Waals surface area (Å²) in [6, 6.07) is 6.22. The summed E-state index contributed by atoms with van der Waals surface area (Å²) in [5.74, 6) is -3.38. The minimum atomic E-state index is -3.34. The van der Waals surface area contributed by atoms with Crippen LogP contribution < -0.4 is 0 Å². The number of aliphatic hydroxyl groups excluding tert-OH is 1. The standard InChI is InChI=1S/C12H10ClF2NO3/c13-7-3-1-2-6(4-7)5-8(16)9(12(18)19)10(17)11(14)15/h1-4,11,16-17H,5H2,(H,18,19). The molecular formula is C12H10ClF2NO3. The van der Waals surface area contributed by atoms with Gasteiger partial charge in [0.05, 0.1) is 5.71 Å². The first-order chi connectivity index (χ1) is 8.82. The molecule has 0 saturated heterocycles. The number of carboxylic acid groups (broad SMARTS) is 1. The first-order valence-corrected chi connectivity index (χ1v) is 5.47. The van der Waals surface area contributed by atoms with Crippen LogP contribution in [0.5, 0.6) is 0 Å². The summed E-state index contributed by atoms with van der Waals surface area (Å²) < 4.78 is 24.6. The van der Waals surface area contributed by atoms with Crippen molar-refractivity contribution in [3.8, 4) is 0 Å². The lowest BCUT2D eigenvalue weighted by atomic mass is 10.0. The van der Waals surface area contributed by atoms with E-state index in [1.807, 2.05) is 0 Å². The molecule has 1 aromatic rings. The second kappa shape index (κ2) is 6.29. The van der Waals surface area contributed by atoms with Crippen LogP contribution >= 0.6 is 11.6 Å². The highest BCUT2D eigenvalue weighted by Crippen LogP contribution is 2.17. The highest BCUT2D eigenvalue weighted by molar-refractivity contribution is 6.30. The van der Waals surface area contributed by atoms with Gasteiger partial charge in [-0.1, -0.05) is 23.7 Å². The molecule has 0 aliphatic heterocycles. The fraction of sp³-hybridized carbons (Fsp3) is 0.167. The Morgan fingerprint density at radius 3 is 2.47 bits per heavy atom.